The van der Waals surface area contributed by atoms with Crippen LogP contribution < -0.4 is 0 Å². The Balaban J connectivity index is 4.73. The lowest BCUT2D eigenvalue weighted by Crippen LogP contribution is -2.42. The molecule has 0 aromatic heterocycles. The molecule has 0 spiro atoms. The van der Waals surface area contributed by atoms with Gasteiger partial charge in [0.15, 0.2) is 0 Å². The summed E-state index contributed by atoms with van der Waals surface area (Å²) in [6, 6.07) is 2.02. The average molecular weight is 259 g/mol. The number of rotatable bonds is 7. The van der Waals surface area contributed by atoms with Gasteiger partial charge in [-0.15, -0.1) is 0 Å². The predicted octanol–water partition coefficient (Wildman–Crippen LogP) is 1.67. The van der Waals surface area contributed by atoms with Gasteiger partial charge in [0.2, 0.25) is 0 Å². The molecule has 0 radical (unpaired) electrons. The zero-order valence-corrected chi connectivity index (χ0v) is 12.3. The summed E-state index contributed by atoms with van der Waals surface area (Å²) in [6.07, 6.45) is 1.32. The van der Waals surface area contributed by atoms with E-state index >= 15 is 0 Å². The Hall–Kier alpha value is -0.713. The second-order valence-corrected chi connectivity index (χ2v) is 6.81. The third kappa shape index (κ3) is 5.43. The molecule has 0 bridgehead atoms. The van der Waals surface area contributed by atoms with Crippen molar-refractivity contribution in [1.82, 2.24) is 0 Å². The fourth-order valence-corrected chi connectivity index (χ4v) is 2.79. The van der Waals surface area contributed by atoms with E-state index in [0.717, 1.165) is 0 Å². The van der Waals surface area contributed by atoms with Crippen molar-refractivity contribution in [3.63, 3.8) is 0 Å². The minimum atomic E-state index is -2.73. The second kappa shape index (κ2) is 6.89. The van der Waals surface area contributed by atoms with Crippen molar-refractivity contribution in [2.45, 2.75) is 32.5 Å². The molecule has 5 nitrogen and oxygen atoms in total. The molecule has 0 fully saturated rings. The first-order valence-corrected chi connectivity index (χ1v) is 7.08. The molecule has 0 amide bonds. The van der Waals surface area contributed by atoms with Crippen molar-refractivity contribution in [3.05, 3.63) is 11.8 Å². The summed E-state index contributed by atoms with van der Waals surface area (Å²) in [6.45, 7) is 5.41. The molecule has 0 N–H and O–H groups in total. The first kappa shape index (κ1) is 16.3. The van der Waals surface area contributed by atoms with Crippen LogP contribution in [0, 0.1) is 11.3 Å². The Morgan fingerprint density at radius 1 is 1.18 bits per heavy atom. The molecule has 0 aromatic carbocycles. The normalized spacial score (nSPS) is 14.9. The molecule has 0 saturated carbocycles. The Morgan fingerprint density at radius 3 is 2.00 bits per heavy atom. The largest absolute Gasteiger partial charge is 0.528 e. The first-order chi connectivity index (χ1) is 7.84. The summed E-state index contributed by atoms with van der Waals surface area (Å²) >= 11 is 0. The molecule has 17 heavy (non-hydrogen) atoms. The molecule has 98 valence electrons. The number of nitriles is 1. The number of hydrogen-bond donors (Lipinski definition) is 0. The van der Waals surface area contributed by atoms with Gasteiger partial charge >= 0.3 is 8.80 Å². The van der Waals surface area contributed by atoms with E-state index in [1.165, 1.54) is 21.3 Å². The van der Waals surface area contributed by atoms with Crippen LogP contribution in [0.1, 0.15) is 20.8 Å². The van der Waals surface area contributed by atoms with Crippen LogP contribution in [0.5, 0.6) is 0 Å². The maximum absolute atomic E-state index is 8.70. The van der Waals surface area contributed by atoms with E-state index in [1.54, 1.807) is 18.7 Å². The minimum absolute atomic E-state index is 0.474. The SMILES string of the molecule is CO[Si](/C=C\C(C)(C)OC(C)C#N)(OC)OC. The van der Waals surface area contributed by atoms with Gasteiger partial charge in [-0.1, -0.05) is 6.08 Å². The number of ether oxygens (including phenoxy) is 1. The van der Waals surface area contributed by atoms with Crippen LogP contribution in [0.25, 0.3) is 0 Å². The molecular formula is C11H21NO4Si. The Morgan fingerprint density at radius 2 is 1.65 bits per heavy atom. The monoisotopic (exact) mass is 259 g/mol. The number of nitrogens with zero attached hydrogens (tertiary/aromatic N) is 1. The van der Waals surface area contributed by atoms with Gasteiger partial charge < -0.3 is 18.0 Å². The summed E-state index contributed by atoms with van der Waals surface area (Å²) < 4.78 is 21.3. The Labute approximate surface area is 104 Å². The fourth-order valence-electron chi connectivity index (χ4n) is 1.28. The maximum Gasteiger partial charge on any atom is 0.528 e. The second-order valence-electron chi connectivity index (χ2n) is 4.04. The van der Waals surface area contributed by atoms with Crippen molar-refractivity contribution >= 4 is 8.80 Å². The molecule has 6 heteroatoms. The predicted molar refractivity (Wildman–Crippen MR) is 66.2 cm³/mol. The molecule has 0 saturated heterocycles. The van der Waals surface area contributed by atoms with Gasteiger partial charge in [0.1, 0.15) is 6.10 Å². The minimum Gasteiger partial charge on any atom is -0.374 e. The zero-order chi connectivity index (χ0) is 13.5. The lowest BCUT2D eigenvalue weighted by atomic mass is 10.1. The smallest absolute Gasteiger partial charge is 0.374 e. The molecule has 0 aliphatic rings. The third-order valence-corrected chi connectivity index (χ3v) is 4.49. The average Bonchev–Trinajstić information content (AvgIpc) is 2.31. The van der Waals surface area contributed by atoms with Crippen LogP contribution in [0.3, 0.4) is 0 Å². The van der Waals surface area contributed by atoms with E-state index in [0.29, 0.717) is 0 Å². The van der Waals surface area contributed by atoms with Crippen molar-refractivity contribution in [1.29, 1.82) is 5.26 Å². The van der Waals surface area contributed by atoms with E-state index in [-0.39, 0.29) is 0 Å². The van der Waals surface area contributed by atoms with Crippen LogP contribution >= 0.6 is 0 Å². The van der Waals surface area contributed by atoms with Gasteiger partial charge in [-0.25, -0.2) is 0 Å². The van der Waals surface area contributed by atoms with Gasteiger partial charge in [0.25, 0.3) is 0 Å². The Kier molecular flexibility index (Phi) is 6.60. The quantitative estimate of drug-likeness (QED) is 0.651. The van der Waals surface area contributed by atoms with Gasteiger partial charge in [-0.05, 0) is 26.5 Å². The lowest BCUT2D eigenvalue weighted by Gasteiger charge is -2.25. The van der Waals surface area contributed by atoms with Crippen LogP contribution in [0.4, 0.5) is 0 Å². The van der Waals surface area contributed by atoms with E-state index in [4.69, 9.17) is 23.3 Å². The fraction of sp³-hybridized carbons (Fsp3) is 0.727. The summed E-state index contributed by atoms with van der Waals surface area (Å²) in [7, 11) is 1.88. The van der Waals surface area contributed by atoms with E-state index < -0.39 is 20.5 Å². The highest BCUT2D eigenvalue weighted by atomic mass is 28.4. The van der Waals surface area contributed by atoms with Crippen molar-refractivity contribution < 1.29 is 18.0 Å². The number of hydrogen-bond acceptors (Lipinski definition) is 5. The summed E-state index contributed by atoms with van der Waals surface area (Å²) in [5, 5.41) is 8.70. The topological polar surface area (TPSA) is 60.7 Å². The Bertz CT molecular complexity index is 286. The van der Waals surface area contributed by atoms with Gasteiger partial charge in [-0.2, -0.15) is 5.26 Å². The summed E-state index contributed by atoms with van der Waals surface area (Å²) in [5.41, 5.74) is 1.17. The van der Waals surface area contributed by atoms with Crippen LogP contribution in [0.2, 0.25) is 0 Å². The highest BCUT2D eigenvalue weighted by Crippen LogP contribution is 2.17. The van der Waals surface area contributed by atoms with Crippen LogP contribution in [0.15, 0.2) is 11.8 Å². The molecule has 1 atom stereocenters. The van der Waals surface area contributed by atoms with Crippen LogP contribution in [-0.4, -0.2) is 41.8 Å². The molecule has 0 heterocycles. The maximum atomic E-state index is 8.70. The van der Waals surface area contributed by atoms with Crippen LogP contribution in [-0.2, 0) is 18.0 Å². The van der Waals surface area contributed by atoms with Gasteiger partial charge in [-0.3, -0.25) is 0 Å². The van der Waals surface area contributed by atoms with E-state index in [2.05, 4.69) is 0 Å². The van der Waals surface area contributed by atoms with Crippen molar-refractivity contribution in [3.8, 4) is 6.07 Å². The molecule has 0 aliphatic heterocycles. The zero-order valence-electron chi connectivity index (χ0n) is 11.3. The molecule has 0 rings (SSSR count). The summed E-state index contributed by atoms with van der Waals surface area (Å²) in [5.74, 6) is 0. The van der Waals surface area contributed by atoms with Crippen molar-refractivity contribution in [2.24, 2.45) is 0 Å². The molecule has 0 aromatic rings. The highest BCUT2D eigenvalue weighted by Gasteiger charge is 2.35. The van der Waals surface area contributed by atoms with Crippen molar-refractivity contribution in [2.75, 3.05) is 21.3 Å². The highest BCUT2D eigenvalue weighted by molar-refractivity contribution is 6.66. The molecule has 0 aliphatic carbocycles. The van der Waals surface area contributed by atoms with E-state index in [9.17, 15) is 0 Å². The standard InChI is InChI=1S/C11H21NO4Si/c1-10(9-12)16-11(2,3)7-8-17(13-4,14-5)15-6/h7-8,10H,1-6H3/b8-7-. The lowest BCUT2D eigenvalue weighted by molar-refractivity contribution is -0.00585. The third-order valence-electron chi connectivity index (χ3n) is 2.20. The van der Waals surface area contributed by atoms with E-state index in [1.807, 2.05) is 19.9 Å². The molecular weight excluding hydrogens is 238 g/mol. The van der Waals surface area contributed by atoms with Gasteiger partial charge in [0, 0.05) is 21.3 Å². The van der Waals surface area contributed by atoms with Gasteiger partial charge in [0.05, 0.1) is 11.7 Å². The summed E-state index contributed by atoms with van der Waals surface area (Å²) in [4.78, 5) is 0. The first-order valence-electron chi connectivity index (χ1n) is 5.28. The molecule has 1 unspecified atom stereocenters.